The number of aromatic nitrogens is 2. The Labute approximate surface area is 149 Å². The van der Waals surface area contributed by atoms with E-state index in [9.17, 15) is 14.9 Å². The number of amides is 1. The molecule has 0 aliphatic carbocycles. The van der Waals surface area contributed by atoms with Crippen LogP contribution in [0, 0.1) is 17.0 Å². The summed E-state index contributed by atoms with van der Waals surface area (Å²) in [5.41, 5.74) is 3.00. The number of carbonyl (C=O) groups excluding carboxylic acids is 1. The number of carbonyl (C=O) groups is 1. The van der Waals surface area contributed by atoms with Crippen molar-refractivity contribution in [1.82, 2.24) is 15.0 Å². The van der Waals surface area contributed by atoms with Gasteiger partial charge in [0, 0.05) is 17.0 Å². The van der Waals surface area contributed by atoms with Gasteiger partial charge in [-0.15, -0.1) is 0 Å². The maximum absolute atomic E-state index is 11.9. The Morgan fingerprint density at radius 3 is 2.96 bits per heavy atom. The first kappa shape index (κ1) is 16.9. The third-order valence-corrected chi connectivity index (χ3v) is 4.09. The van der Waals surface area contributed by atoms with E-state index in [-0.39, 0.29) is 19.2 Å². The van der Waals surface area contributed by atoms with Crippen LogP contribution in [-0.4, -0.2) is 33.4 Å². The third kappa shape index (κ3) is 3.60. The molecule has 1 aliphatic heterocycles. The number of ether oxygens (including phenoxy) is 2. The highest BCUT2D eigenvalue weighted by Crippen LogP contribution is 2.36. The lowest BCUT2D eigenvalue weighted by Crippen LogP contribution is -2.24. The maximum atomic E-state index is 11.9. The lowest BCUT2D eigenvalue weighted by molar-refractivity contribution is -0.392. The van der Waals surface area contributed by atoms with Crippen LogP contribution in [0.1, 0.15) is 11.4 Å². The van der Waals surface area contributed by atoms with E-state index in [4.69, 9.17) is 9.47 Å². The summed E-state index contributed by atoms with van der Waals surface area (Å²) in [5.74, 6) is 0.799. The van der Waals surface area contributed by atoms with Crippen molar-refractivity contribution in [3.8, 4) is 11.5 Å². The minimum Gasteiger partial charge on any atom is -0.454 e. The monoisotopic (exact) mass is 409 g/mol. The van der Waals surface area contributed by atoms with Crippen molar-refractivity contribution in [3.63, 3.8) is 0 Å². The van der Waals surface area contributed by atoms with Gasteiger partial charge < -0.3 is 19.6 Å². The number of nitro groups is 1. The topological polar surface area (TPSA) is 121 Å². The highest BCUT2D eigenvalue weighted by atomic mass is 79.9. The van der Waals surface area contributed by atoms with E-state index in [0.717, 1.165) is 10.7 Å². The van der Waals surface area contributed by atoms with Crippen molar-refractivity contribution in [3.05, 3.63) is 44.3 Å². The number of imidazole rings is 1. The Balaban J connectivity index is 1.66. The summed E-state index contributed by atoms with van der Waals surface area (Å²) >= 11 is 3.37. The average molecular weight is 410 g/mol. The molecule has 0 fully saturated rings. The molecule has 10 nitrogen and oxygen atoms in total. The smallest absolute Gasteiger partial charge is 0.343 e. The predicted octanol–water partition coefficient (Wildman–Crippen LogP) is 1.74. The van der Waals surface area contributed by atoms with Crippen molar-refractivity contribution in [2.45, 2.75) is 13.5 Å². The number of nitrogens with one attached hydrogen (secondary N) is 1. The molecule has 1 aromatic heterocycles. The summed E-state index contributed by atoms with van der Waals surface area (Å²) in [7, 11) is 0. The Hall–Kier alpha value is -2.95. The number of hydrogen-bond donors (Lipinski definition) is 1. The van der Waals surface area contributed by atoms with Crippen LogP contribution in [0.3, 0.4) is 0 Å². The van der Waals surface area contributed by atoms with Crippen LogP contribution in [0.5, 0.6) is 11.5 Å². The molecular formula is C14H12BrN5O5. The molecule has 1 aromatic carbocycles. The van der Waals surface area contributed by atoms with Gasteiger partial charge in [-0.25, -0.2) is 15.0 Å². The number of halogens is 1. The van der Waals surface area contributed by atoms with Crippen LogP contribution in [0.2, 0.25) is 0 Å². The largest absolute Gasteiger partial charge is 0.454 e. The van der Waals surface area contributed by atoms with Crippen molar-refractivity contribution < 1.29 is 19.2 Å². The molecule has 3 rings (SSSR count). The van der Waals surface area contributed by atoms with E-state index < -0.39 is 10.8 Å². The molecule has 0 radical (unpaired) electrons. The van der Waals surface area contributed by atoms with Crippen LogP contribution in [0.15, 0.2) is 27.9 Å². The van der Waals surface area contributed by atoms with Crippen molar-refractivity contribution in [2.75, 3.05) is 6.79 Å². The van der Waals surface area contributed by atoms with Gasteiger partial charge in [-0.2, -0.15) is 5.10 Å². The van der Waals surface area contributed by atoms with Gasteiger partial charge in [0.2, 0.25) is 6.79 Å². The molecular weight excluding hydrogens is 398 g/mol. The number of nitrogens with zero attached hydrogens (tertiary/aromatic N) is 4. The number of fused-ring (bicyclic) bond motifs is 1. The number of hydrogen-bond acceptors (Lipinski definition) is 7. The van der Waals surface area contributed by atoms with Crippen molar-refractivity contribution in [2.24, 2.45) is 5.10 Å². The van der Waals surface area contributed by atoms with Crippen molar-refractivity contribution in [1.29, 1.82) is 0 Å². The zero-order valence-corrected chi connectivity index (χ0v) is 14.5. The second kappa shape index (κ2) is 6.89. The fraction of sp³-hybridized carbons (Fsp3) is 0.214. The van der Waals surface area contributed by atoms with Gasteiger partial charge in [-0.1, -0.05) is 0 Å². The van der Waals surface area contributed by atoms with Crippen LogP contribution in [-0.2, 0) is 11.3 Å². The minimum atomic E-state index is -0.597. The molecule has 2 heterocycles. The highest BCUT2D eigenvalue weighted by Gasteiger charge is 2.20. The van der Waals surface area contributed by atoms with E-state index in [0.29, 0.717) is 22.9 Å². The Morgan fingerprint density at radius 1 is 1.52 bits per heavy atom. The van der Waals surface area contributed by atoms with Gasteiger partial charge in [0.15, 0.2) is 23.9 Å². The highest BCUT2D eigenvalue weighted by molar-refractivity contribution is 9.10. The normalized spacial score (nSPS) is 12.6. The van der Waals surface area contributed by atoms with E-state index in [1.807, 2.05) is 0 Å². The second-order valence-corrected chi connectivity index (χ2v) is 5.88. The molecule has 11 heteroatoms. The number of aryl methyl sites for hydroxylation is 1. The predicted molar refractivity (Wildman–Crippen MR) is 89.6 cm³/mol. The van der Waals surface area contributed by atoms with E-state index in [1.54, 1.807) is 19.1 Å². The Morgan fingerprint density at radius 2 is 2.24 bits per heavy atom. The van der Waals surface area contributed by atoms with Gasteiger partial charge >= 0.3 is 5.82 Å². The zero-order chi connectivity index (χ0) is 18.0. The summed E-state index contributed by atoms with van der Waals surface area (Å²) in [6.07, 6.45) is 2.54. The van der Waals surface area contributed by atoms with Crippen LogP contribution >= 0.6 is 15.9 Å². The fourth-order valence-corrected chi connectivity index (χ4v) is 2.61. The SMILES string of the molecule is Cc1ncc([N+](=O)[O-])n1CC(=O)NN=Cc1cc2c(cc1Br)OCO2. The van der Waals surface area contributed by atoms with E-state index in [2.05, 4.69) is 31.4 Å². The molecule has 0 saturated carbocycles. The molecule has 1 N–H and O–H groups in total. The molecule has 1 aliphatic rings. The van der Waals surface area contributed by atoms with Crippen molar-refractivity contribution >= 4 is 33.9 Å². The lowest BCUT2D eigenvalue weighted by Gasteiger charge is -2.03. The number of rotatable bonds is 5. The number of benzene rings is 1. The Kier molecular flexibility index (Phi) is 4.65. The molecule has 0 bridgehead atoms. The van der Waals surface area contributed by atoms with Crippen LogP contribution in [0.4, 0.5) is 5.82 Å². The molecule has 130 valence electrons. The molecule has 0 atom stereocenters. The summed E-state index contributed by atoms with van der Waals surface area (Å²) in [6.45, 7) is 1.47. The first-order valence-corrected chi connectivity index (χ1v) is 7.82. The third-order valence-electron chi connectivity index (χ3n) is 3.41. The summed E-state index contributed by atoms with van der Waals surface area (Å²) in [5, 5.41) is 14.8. The molecule has 0 spiro atoms. The standard InChI is InChI=1S/C14H12BrN5O5/c1-8-16-5-14(20(22)23)19(8)6-13(21)18-17-4-9-2-11-12(3-10(9)15)25-7-24-11/h2-5H,6-7H2,1H3,(H,18,21). The first-order chi connectivity index (χ1) is 12.0. The quantitative estimate of drug-likeness (QED) is 0.456. The lowest BCUT2D eigenvalue weighted by atomic mass is 10.2. The van der Waals surface area contributed by atoms with Gasteiger partial charge in [0.05, 0.1) is 6.21 Å². The van der Waals surface area contributed by atoms with E-state index >= 15 is 0 Å². The fourth-order valence-electron chi connectivity index (χ4n) is 2.18. The summed E-state index contributed by atoms with van der Waals surface area (Å²) < 4.78 is 12.4. The molecule has 25 heavy (non-hydrogen) atoms. The summed E-state index contributed by atoms with van der Waals surface area (Å²) in [6, 6.07) is 3.46. The minimum absolute atomic E-state index is 0.155. The van der Waals surface area contributed by atoms with Gasteiger partial charge in [0.1, 0.15) is 6.20 Å². The van der Waals surface area contributed by atoms with Gasteiger partial charge in [0.25, 0.3) is 5.91 Å². The van der Waals surface area contributed by atoms with Gasteiger partial charge in [-0.3, -0.25) is 4.79 Å². The maximum Gasteiger partial charge on any atom is 0.343 e. The molecule has 1 amide bonds. The van der Waals surface area contributed by atoms with E-state index in [1.165, 1.54) is 10.8 Å². The summed E-state index contributed by atoms with van der Waals surface area (Å²) in [4.78, 5) is 26.1. The first-order valence-electron chi connectivity index (χ1n) is 7.03. The molecule has 0 unspecified atom stereocenters. The van der Waals surface area contributed by atoms with Crippen LogP contribution in [0.25, 0.3) is 0 Å². The van der Waals surface area contributed by atoms with Gasteiger partial charge in [-0.05, 0) is 33.0 Å². The molecule has 2 aromatic rings. The number of hydrazone groups is 1. The Bertz CT molecular complexity index is 879. The zero-order valence-electron chi connectivity index (χ0n) is 12.9. The molecule has 0 saturated heterocycles. The average Bonchev–Trinajstić information content (AvgIpc) is 3.14. The second-order valence-electron chi connectivity index (χ2n) is 5.03. The van der Waals surface area contributed by atoms with Crippen LogP contribution < -0.4 is 14.9 Å².